The highest BCUT2D eigenvalue weighted by molar-refractivity contribution is 8.01. The fourth-order valence-corrected chi connectivity index (χ4v) is 3.39. The summed E-state index contributed by atoms with van der Waals surface area (Å²) >= 11 is 2.72. The molecule has 0 amide bonds. The van der Waals surface area contributed by atoms with Gasteiger partial charge in [0.05, 0.1) is 11.1 Å². The van der Waals surface area contributed by atoms with Crippen LogP contribution in [0.25, 0.3) is 10.9 Å². The molecular formula is C12H9N5OS2. The van der Waals surface area contributed by atoms with Gasteiger partial charge >= 0.3 is 0 Å². The predicted molar refractivity (Wildman–Crippen MR) is 78.3 cm³/mol. The Bertz CT molecular complexity index is 773. The normalized spacial score (nSPS) is 11.9. The number of rotatable bonds is 3. The topological polar surface area (TPSA) is 97.3 Å². The fraction of sp³-hybridized carbons (Fsp3) is 0. The van der Waals surface area contributed by atoms with E-state index in [1.54, 1.807) is 6.20 Å². The summed E-state index contributed by atoms with van der Waals surface area (Å²) in [5.41, 5.74) is 7.15. The average molecular weight is 303 g/mol. The summed E-state index contributed by atoms with van der Waals surface area (Å²) in [5.74, 6) is 0.0234. The molecule has 2 heterocycles. The highest BCUT2D eigenvalue weighted by Crippen LogP contribution is 2.35. The van der Waals surface area contributed by atoms with Crippen molar-refractivity contribution in [2.24, 2.45) is 10.9 Å². The summed E-state index contributed by atoms with van der Waals surface area (Å²) in [7, 11) is 0. The molecule has 3 rings (SSSR count). The Morgan fingerprint density at radius 2 is 2.15 bits per heavy atom. The summed E-state index contributed by atoms with van der Waals surface area (Å²) in [5, 5.41) is 12.9. The second kappa shape index (κ2) is 5.43. The number of benzene rings is 1. The van der Waals surface area contributed by atoms with Gasteiger partial charge in [0.2, 0.25) is 0 Å². The van der Waals surface area contributed by atoms with Crippen molar-refractivity contribution < 1.29 is 5.21 Å². The Morgan fingerprint density at radius 1 is 1.30 bits per heavy atom. The van der Waals surface area contributed by atoms with E-state index in [4.69, 9.17) is 10.9 Å². The quantitative estimate of drug-likeness (QED) is 0.333. The van der Waals surface area contributed by atoms with Gasteiger partial charge in [-0.25, -0.2) is 4.98 Å². The zero-order valence-corrected chi connectivity index (χ0v) is 11.7. The van der Waals surface area contributed by atoms with E-state index < -0.39 is 0 Å². The number of hydrogen-bond acceptors (Lipinski definition) is 7. The summed E-state index contributed by atoms with van der Waals surface area (Å²) in [4.78, 5) is 9.32. The molecule has 0 aliphatic carbocycles. The molecule has 0 saturated carbocycles. The van der Waals surface area contributed by atoms with E-state index in [-0.39, 0.29) is 5.84 Å². The van der Waals surface area contributed by atoms with Crippen molar-refractivity contribution in [3.63, 3.8) is 0 Å². The number of fused-ring (bicyclic) bond motifs is 1. The van der Waals surface area contributed by atoms with Crippen LogP contribution in [0.4, 0.5) is 0 Å². The van der Waals surface area contributed by atoms with Gasteiger partial charge in [-0.2, -0.15) is 4.37 Å². The lowest BCUT2D eigenvalue weighted by Crippen LogP contribution is -2.14. The molecule has 0 spiro atoms. The molecule has 3 N–H and O–H groups in total. The van der Waals surface area contributed by atoms with E-state index in [1.165, 1.54) is 29.6 Å². The minimum Gasteiger partial charge on any atom is -0.409 e. The first-order valence-corrected chi connectivity index (χ1v) is 7.18. The average Bonchev–Trinajstić information content (AvgIpc) is 3.00. The van der Waals surface area contributed by atoms with Crippen LogP contribution in [0.5, 0.6) is 0 Å². The number of para-hydroxylation sites is 1. The Hall–Kier alpha value is -2.19. The van der Waals surface area contributed by atoms with E-state index in [9.17, 15) is 0 Å². The van der Waals surface area contributed by atoms with Crippen molar-refractivity contribution >= 4 is 40.0 Å². The van der Waals surface area contributed by atoms with Gasteiger partial charge in [0.25, 0.3) is 0 Å². The van der Waals surface area contributed by atoms with Crippen LogP contribution >= 0.6 is 23.3 Å². The van der Waals surface area contributed by atoms with Crippen molar-refractivity contribution in [3.05, 3.63) is 42.4 Å². The third kappa shape index (κ3) is 2.30. The van der Waals surface area contributed by atoms with E-state index in [0.717, 1.165) is 20.1 Å². The van der Waals surface area contributed by atoms with Crippen LogP contribution in [0.15, 0.2) is 51.2 Å². The monoisotopic (exact) mass is 303 g/mol. The lowest BCUT2D eigenvalue weighted by Gasteiger charge is -2.09. The molecule has 100 valence electrons. The second-order valence-electron chi connectivity index (χ2n) is 3.81. The van der Waals surface area contributed by atoms with Gasteiger partial charge in [0.15, 0.2) is 10.2 Å². The molecule has 0 saturated heterocycles. The summed E-state index contributed by atoms with van der Waals surface area (Å²) in [6.07, 6.45) is 3.10. The smallest absolute Gasteiger partial charge is 0.174 e. The Kier molecular flexibility index (Phi) is 3.48. The molecule has 3 aromatic rings. The number of nitrogens with two attached hydrogens (primary N) is 1. The lowest BCUT2D eigenvalue weighted by atomic mass is 10.1. The van der Waals surface area contributed by atoms with Crippen LogP contribution in [0.3, 0.4) is 0 Å². The highest BCUT2D eigenvalue weighted by Gasteiger charge is 2.14. The fourth-order valence-electron chi connectivity index (χ4n) is 1.76. The van der Waals surface area contributed by atoms with Crippen LogP contribution in [0.2, 0.25) is 0 Å². The summed E-state index contributed by atoms with van der Waals surface area (Å²) in [6.45, 7) is 0. The molecule has 0 unspecified atom stereocenters. The Labute approximate surface area is 122 Å². The van der Waals surface area contributed by atoms with E-state index in [1.807, 2.05) is 24.3 Å². The van der Waals surface area contributed by atoms with Gasteiger partial charge in [0, 0.05) is 16.5 Å². The minimum absolute atomic E-state index is 0.0234. The maximum atomic E-state index is 8.91. The SMILES string of the molecule is N/C(=N/O)c1cnc2ccccc2c1Sc1ncns1. The van der Waals surface area contributed by atoms with Crippen LogP contribution in [-0.2, 0) is 0 Å². The third-order valence-corrected chi connectivity index (χ3v) is 4.50. The maximum Gasteiger partial charge on any atom is 0.174 e. The first-order valence-electron chi connectivity index (χ1n) is 5.60. The third-order valence-electron chi connectivity index (χ3n) is 2.64. The van der Waals surface area contributed by atoms with Gasteiger partial charge in [-0.15, -0.1) is 0 Å². The zero-order chi connectivity index (χ0) is 13.9. The van der Waals surface area contributed by atoms with E-state index >= 15 is 0 Å². The predicted octanol–water partition coefficient (Wildman–Crippen LogP) is 2.33. The van der Waals surface area contributed by atoms with E-state index in [0.29, 0.717) is 5.56 Å². The van der Waals surface area contributed by atoms with E-state index in [2.05, 4.69) is 19.5 Å². The Balaban J connectivity index is 2.23. The molecule has 1 aromatic carbocycles. The maximum absolute atomic E-state index is 8.91. The molecule has 0 aliphatic rings. The number of oxime groups is 1. The molecule has 8 heteroatoms. The highest BCUT2D eigenvalue weighted by atomic mass is 32.2. The molecule has 0 aliphatic heterocycles. The number of amidine groups is 1. The lowest BCUT2D eigenvalue weighted by molar-refractivity contribution is 0.318. The van der Waals surface area contributed by atoms with Gasteiger partial charge in [-0.3, -0.25) is 4.98 Å². The second-order valence-corrected chi connectivity index (χ2v) is 5.85. The van der Waals surface area contributed by atoms with Crippen molar-refractivity contribution in [2.75, 3.05) is 0 Å². The minimum atomic E-state index is 0.0234. The molecule has 20 heavy (non-hydrogen) atoms. The van der Waals surface area contributed by atoms with Crippen molar-refractivity contribution in [3.8, 4) is 0 Å². The molecule has 0 atom stereocenters. The first kappa shape index (κ1) is 12.8. The van der Waals surface area contributed by atoms with Crippen LogP contribution in [-0.4, -0.2) is 25.4 Å². The van der Waals surface area contributed by atoms with Crippen molar-refractivity contribution in [2.45, 2.75) is 9.24 Å². The van der Waals surface area contributed by atoms with Crippen LogP contribution < -0.4 is 5.73 Å². The molecule has 6 nitrogen and oxygen atoms in total. The van der Waals surface area contributed by atoms with Gasteiger partial charge in [-0.05, 0) is 17.6 Å². The zero-order valence-electron chi connectivity index (χ0n) is 10.1. The summed E-state index contributed by atoms with van der Waals surface area (Å²) < 4.78 is 4.76. The molecule has 2 aromatic heterocycles. The number of aromatic nitrogens is 3. The Morgan fingerprint density at radius 3 is 2.90 bits per heavy atom. The van der Waals surface area contributed by atoms with Crippen LogP contribution in [0.1, 0.15) is 5.56 Å². The first-order chi connectivity index (χ1) is 9.79. The van der Waals surface area contributed by atoms with Crippen LogP contribution in [0, 0.1) is 0 Å². The molecule has 0 fully saturated rings. The molecule has 0 bridgehead atoms. The molecular weight excluding hydrogens is 294 g/mol. The van der Waals surface area contributed by atoms with Crippen molar-refractivity contribution in [1.29, 1.82) is 0 Å². The van der Waals surface area contributed by atoms with Gasteiger partial charge in [-0.1, -0.05) is 35.1 Å². The standard InChI is InChI=1S/C12H9N5OS2/c13-11(17-18)8-5-14-9-4-2-1-3-7(9)10(8)19-12-15-6-16-20-12/h1-6,18H,(H2,13,17). The number of nitrogens with zero attached hydrogens (tertiary/aromatic N) is 4. The van der Waals surface area contributed by atoms with Gasteiger partial charge < -0.3 is 10.9 Å². The summed E-state index contributed by atoms with van der Waals surface area (Å²) in [6, 6.07) is 7.69. The van der Waals surface area contributed by atoms with Gasteiger partial charge in [0.1, 0.15) is 6.33 Å². The largest absolute Gasteiger partial charge is 0.409 e. The van der Waals surface area contributed by atoms with Crippen molar-refractivity contribution in [1.82, 2.24) is 14.3 Å². The number of pyridine rings is 1. The molecule has 0 radical (unpaired) electrons. The number of hydrogen-bond donors (Lipinski definition) is 2.